The molecule has 1 heterocycles. The van der Waals surface area contributed by atoms with Crippen molar-refractivity contribution in [3.63, 3.8) is 0 Å². The van der Waals surface area contributed by atoms with Gasteiger partial charge in [-0.05, 0) is 0 Å². The molecule has 5 nitrogen and oxygen atoms in total. The van der Waals surface area contributed by atoms with E-state index in [1.807, 2.05) is 0 Å². The molecule has 0 amide bonds. The topological polar surface area (TPSA) is 83.8 Å². The van der Waals surface area contributed by atoms with Gasteiger partial charge in [0.15, 0.2) is 6.10 Å². The molecule has 62 valence electrons. The number of rotatable bonds is 2. The number of Topliss-reactive ketones (excluding diaryl/α,β-unsaturated/α-hetero) is 1. The molecule has 0 saturated carbocycles. The van der Waals surface area contributed by atoms with Crippen molar-refractivity contribution in [2.45, 2.75) is 18.6 Å². The summed E-state index contributed by atoms with van der Waals surface area (Å²) in [7, 11) is 0. The second kappa shape index (κ2) is 2.98. The Morgan fingerprint density at radius 2 is 2.09 bits per heavy atom. The van der Waals surface area contributed by atoms with Crippen molar-refractivity contribution < 1.29 is 24.5 Å². The Morgan fingerprint density at radius 3 is 2.45 bits per heavy atom. The van der Waals surface area contributed by atoms with Gasteiger partial charge in [-0.25, -0.2) is 4.79 Å². The fourth-order valence-electron chi connectivity index (χ4n) is 0.894. The van der Waals surface area contributed by atoms with E-state index >= 15 is 0 Å². The third-order valence-corrected chi connectivity index (χ3v) is 1.49. The van der Waals surface area contributed by atoms with Gasteiger partial charge >= 0.3 is 5.97 Å². The van der Waals surface area contributed by atoms with Crippen molar-refractivity contribution in [1.82, 2.24) is 0 Å². The third kappa shape index (κ3) is 1.38. The van der Waals surface area contributed by atoms with Crippen LogP contribution in [0.5, 0.6) is 0 Å². The van der Waals surface area contributed by atoms with E-state index < -0.39 is 24.0 Å². The molecular weight excluding hydrogens is 152 g/mol. The quantitative estimate of drug-likeness (QED) is 0.368. The second-order valence-electron chi connectivity index (χ2n) is 2.27. The molecule has 0 aliphatic carbocycles. The molecule has 1 rings (SSSR count). The summed E-state index contributed by atoms with van der Waals surface area (Å²) < 4.78 is 4.43. The summed E-state index contributed by atoms with van der Waals surface area (Å²) in [5.41, 5.74) is 0. The molecule has 0 radical (unpaired) electrons. The third-order valence-electron chi connectivity index (χ3n) is 1.49. The van der Waals surface area contributed by atoms with Crippen molar-refractivity contribution in [2.24, 2.45) is 0 Å². The predicted molar refractivity (Wildman–Crippen MR) is 32.6 cm³/mol. The van der Waals surface area contributed by atoms with Crippen LogP contribution in [0.1, 0.15) is 6.42 Å². The summed E-state index contributed by atoms with van der Waals surface area (Å²) in [5, 5.41) is 17.4. The lowest BCUT2D eigenvalue weighted by molar-refractivity contribution is -0.149. The Kier molecular flexibility index (Phi) is 2.21. The summed E-state index contributed by atoms with van der Waals surface area (Å²) in [6.07, 6.45) is -2.16. The van der Waals surface area contributed by atoms with E-state index in [0.29, 0.717) is 0 Å². The molecule has 2 N–H and O–H groups in total. The largest absolute Gasteiger partial charge is 0.453 e. The zero-order valence-corrected chi connectivity index (χ0v) is 5.69. The van der Waals surface area contributed by atoms with Gasteiger partial charge in [0.25, 0.3) is 5.78 Å². The predicted octanol–water partition coefficient (Wildman–Crippen LogP) is -1.78. The normalized spacial score (nSPS) is 30.7. The lowest BCUT2D eigenvalue weighted by Gasteiger charge is -2.08. The second-order valence-corrected chi connectivity index (χ2v) is 2.27. The van der Waals surface area contributed by atoms with Gasteiger partial charge in [-0.1, -0.05) is 0 Å². The van der Waals surface area contributed by atoms with E-state index in [1.165, 1.54) is 0 Å². The van der Waals surface area contributed by atoms with Gasteiger partial charge in [-0.2, -0.15) is 0 Å². The molecule has 1 aliphatic heterocycles. The van der Waals surface area contributed by atoms with Crippen molar-refractivity contribution in [2.75, 3.05) is 6.61 Å². The highest BCUT2D eigenvalue weighted by molar-refractivity contribution is 6.37. The van der Waals surface area contributed by atoms with Crippen LogP contribution >= 0.6 is 0 Å². The molecule has 0 aromatic carbocycles. The van der Waals surface area contributed by atoms with Crippen LogP contribution in [-0.2, 0) is 14.3 Å². The van der Waals surface area contributed by atoms with E-state index in [1.54, 1.807) is 0 Å². The minimum Gasteiger partial charge on any atom is -0.453 e. The first kappa shape index (κ1) is 8.16. The number of ether oxygens (including phenoxy) is 1. The van der Waals surface area contributed by atoms with Gasteiger partial charge in [0, 0.05) is 13.0 Å². The highest BCUT2D eigenvalue weighted by atomic mass is 16.6. The average Bonchev–Trinajstić information content (AvgIpc) is 2.19. The van der Waals surface area contributed by atoms with Crippen molar-refractivity contribution >= 4 is 11.8 Å². The number of hydrogen-bond donors (Lipinski definition) is 2. The molecule has 2 atom stereocenters. The van der Waals surface area contributed by atoms with Gasteiger partial charge in [0.1, 0.15) is 6.10 Å². The molecule has 1 fully saturated rings. The van der Waals surface area contributed by atoms with E-state index in [-0.39, 0.29) is 13.0 Å². The van der Waals surface area contributed by atoms with Crippen LogP contribution in [0.4, 0.5) is 0 Å². The molecule has 5 heteroatoms. The van der Waals surface area contributed by atoms with Gasteiger partial charge < -0.3 is 14.9 Å². The molecule has 2 unspecified atom stereocenters. The smallest absolute Gasteiger partial charge is 0.377 e. The number of carbonyl (C=O) groups excluding carboxylic acids is 2. The molecule has 11 heavy (non-hydrogen) atoms. The first-order chi connectivity index (χ1) is 5.16. The maximum Gasteiger partial charge on any atom is 0.377 e. The molecule has 0 aromatic heterocycles. The van der Waals surface area contributed by atoms with Crippen LogP contribution in [0, 0.1) is 0 Å². The minimum atomic E-state index is -1.39. The Balaban J connectivity index is 2.59. The SMILES string of the molecule is O=C1OC(CCO)C(O)C1=O. The average molecular weight is 160 g/mol. The number of hydrogen-bond acceptors (Lipinski definition) is 5. The van der Waals surface area contributed by atoms with Crippen LogP contribution in [-0.4, -0.2) is 40.8 Å². The summed E-state index contributed by atoms with van der Waals surface area (Å²) >= 11 is 0. The van der Waals surface area contributed by atoms with Crippen LogP contribution in [0.25, 0.3) is 0 Å². The standard InChI is InChI=1S/C6H8O5/c7-2-1-3-4(8)5(9)6(10)11-3/h3-4,7-8H,1-2H2. The van der Waals surface area contributed by atoms with Crippen molar-refractivity contribution in [3.8, 4) is 0 Å². The maximum atomic E-state index is 10.6. The molecule has 1 saturated heterocycles. The van der Waals surface area contributed by atoms with Gasteiger partial charge in [-0.15, -0.1) is 0 Å². The Labute approximate surface area is 62.6 Å². The lowest BCUT2D eigenvalue weighted by atomic mass is 10.1. The zero-order valence-electron chi connectivity index (χ0n) is 5.69. The van der Waals surface area contributed by atoms with Crippen molar-refractivity contribution in [1.29, 1.82) is 0 Å². The Bertz CT molecular complexity index is 187. The molecule has 1 aliphatic rings. The number of esters is 1. The highest BCUT2D eigenvalue weighted by Gasteiger charge is 2.41. The number of cyclic esters (lactones) is 1. The van der Waals surface area contributed by atoms with Crippen molar-refractivity contribution in [3.05, 3.63) is 0 Å². The fourth-order valence-corrected chi connectivity index (χ4v) is 0.894. The highest BCUT2D eigenvalue weighted by Crippen LogP contribution is 2.14. The van der Waals surface area contributed by atoms with E-state index in [0.717, 1.165) is 0 Å². The summed E-state index contributed by atoms with van der Waals surface area (Å²) in [6.45, 7) is -0.220. The zero-order chi connectivity index (χ0) is 8.43. The number of aliphatic hydroxyl groups is 2. The summed E-state index contributed by atoms with van der Waals surface area (Å²) in [6, 6.07) is 0. The molecule has 0 spiro atoms. The minimum absolute atomic E-state index is 0.0959. The van der Waals surface area contributed by atoms with Crippen LogP contribution in [0.3, 0.4) is 0 Å². The number of ketones is 1. The molecular formula is C6H8O5. The van der Waals surface area contributed by atoms with Crippen LogP contribution in [0.2, 0.25) is 0 Å². The molecule has 0 aromatic rings. The first-order valence-corrected chi connectivity index (χ1v) is 3.20. The monoisotopic (exact) mass is 160 g/mol. The number of carbonyl (C=O) groups is 2. The lowest BCUT2D eigenvalue weighted by Crippen LogP contribution is -2.27. The number of aliphatic hydroxyl groups excluding tert-OH is 2. The Morgan fingerprint density at radius 1 is 1.45 bits per heavy atom. The van der Waals surface area contributed by atoms with Gasteiger partial charge in [0.2, 0.25) is 0 Å². The van der Waals surface area contributed by atoms with E-state index in [9.17, 15) is 9.59 Å². The fraction of sp³-hybridized carbons (Fsp3) is 0.667. The molecule has 0 bridgehead atoms. The Hall–Kier alpha value is -0.940. The summed E-state index contributed by atoms with van der Waals surface area (Å²) in [5.74, 6) is -1.94. The summed E-state index contributed by atoms with van der Waals surface area (Å²) in [4.78, 5) is 21.0. The van der Waals surface area contributed by atoms with E-state index in [2.05, 4.69) is 4.74 Å². The maximum absolute atomic E-state index is 10.6. The van der Waals surface area contributed by atoms with Crippen LogP contribution < -0.4 is 0 Å². The first-order valence-electron chi connectivity index (χ1n) is 3.20. The van der Waals surface area contributed by atoms with Gasteiger partial charge in [-0.3, -0.25) is 4.79 Å². The van der Waals surface area contributed by atoms with Gasteiger partial charge in [0.05, 0.1) is 0 Å². The van der Waals surface area contributed by atoms with Crippen LogP contribution in [0.15, 0.2) is 0 Å². The van der Waals surface area contributed by atoms with E-state index in [4.69, 9.17) is 10.2 Å².